The van der Waals surface area contributed by atoms with Crippen LogP contribution in [-0.2, 0) is 21.6 Å². The van der Waals surface area contributed by atoms with Gasteiger partial charge in [-0.3, -0.25) is 4.68 Å². The second kappa shape index (κ2) is 5.22. The molecule has 0 aliphatic carbocycles. The molecular formula is C14H14N2O5S. The van der Waals surface area contributed by atoms with Gasteiger partial charge in [-0.15, -0.1) is 0 Å². The topological polar surface area (TPSA) is 98.5 Å². The van der Waals surface area contributed by atoms with Gasteiger partial charge >= 0.3 is 5.97 Å². The zero-order chi connectivity index (χ0) is 15.9. The van der Waals surface area contributed by atoms with Crippen molar-refractivity contribution >= 4 is 15.8 Å². The molecule has 0 saturated carbocycles. The smallest absolute Gasteiger partial charge is 0.356 e. The highest BCUT2D eigenvalue weighted by Crippen LogP contribution is 2.31. The van der Waals surface area contributed by atoms with Crippen molar-refractivity contribution in [3.05, 3.63) is 36.0 Å². The Morgan fingerprint density at radius 3 is 2.59 bits per heavy atom. The maximum Gasteiger partial charge on any atom is 0.356 e. The van der Waals surface area contributed by atoms with Crippen LogP contribution in [0.5, 0.6) is 0 Å². The third-order valence-corrected chi connectivity index (χ3v) is 5.73. The predicted octanol–water partition coefficient (Wildman–Crippen LogP) is 0.958. The zero-order valence-electron chi connectivity index (χ0n) is 11.8. The van der Waals surface area contributed by atoms with Gasteiger partial charge in [0.2, 0.25) is 0 Å². The fourth-order valence-corrected chi connectivity index (χ4v) is 3.98. The van der Waals surface area contributed by atoms with Crippen molar-refractivity contribution < 1.29 is 23.1 Å². The number of aryl methyl sites for hydroxylation is 1. The van der Waals surface area contributed by atoms with Gasteiger partial charge in [0, 0.05) is 12.6 Å². The number of carbonyl (C=O) groups is 1. The van der Waals surface area contributed by atoms with Gasteiger partial charge in [-0.25, -0.2) is 13.2 Å². The van der Waals surface area contributed by atoms with E-state index in [1.54, 1.807) is 25.2 Å². The van der Waals surface area contributed by atoms with E-state index in [0.29, 0.717) is 11.3 Å². The van der Waals surface area contributed by atoms with Crippen LogP contribution in [-0.4, -0.2) is 47.7 Å². The number of sulfone groups is 1. The summed E-state index contributed by atoms with van der Waals surface area (Å²) >= 11 is 0. The van der Waals surface area contributed by atoms with Gasteiger partial charge in [0.15, 0.2) is 15.5 Å². The number of rotatable bonds is 4. The van der Waals surface area contributed by atoms with Crippen molar-refractivity contribution in [3.8, 4) is 11.3 Å². The molecule has 0 radical (unpaired) electrons. The lowest BCUT2D eigenvalue weighted by atomic mass is 10.1. The molecule has 116 valence electrons. The van der Waals surface area contributed by atoms with E-state index in [0.717, 1.165) is 0 Å². The fraction of sp³-hybridized carbons (Fsp3) is 0.286. The van der Waals surface area contributed by atoms with Crippen molar-refractivity contribution in [2.45, 2.75) is 10.1 Å². The highest BCUT2D eigenvalue weighted by molar-refractivity contribution is 7.92. The fourth-order valence-electron chi connectivity index (χ4n) is 2.32. The molecule has 1 aromatic heterocycles. The minimum Gasteiger partial charge on any atom is -0.476 e. The first-order valence-corrected chi connectivity index (χ1v) is 8.14. The zero-order valence-corrected chi connectivity index (χ0v) is 12.6. The van der Waals surface area contributed by atoms with Crippen LogP contribution in [0.4, 0.5) is 0 Å². The highest BCUT2D eigenvalue weighted by atomic mass is 32.2. The molecule has 1 fully saturated rings. The van der Waals surface area contributed by atoms with Crippen molar-refractivity contribution in [2.24, 2.45) is 7.05 Å². The summed E-state index contributed by atoms with van der Waals surface area (Å²) in [6, 6.07) is 7.89. The first-order chi connectivity index (χ1) is 10.4. The van der Waals surface area contributed by atoms with Crippen LogP contribution in [0.3, 0.4) is 0 Å². The second-order valence-electron chi connectivity index (χ2n) is 5.04. The number of aromatic carboxylic acids is 1. The molecule has 0 amide bonds. The first-order valence-electron chi connectivity index (χ1n) is 6.59. The number of carboxylic acid groups (broad SMARTS) is 1. The van der Waals surface area contributed by atoms with Crippen molar-refractivity contribution in [1.82, 2.24) is 9.78 Å². The molecule has 2 heterocycles. The summed E-state index contributed by atoms with van der Waals surface area (Å²) in [5.74, 6) is -1.16. The van der Waals surface area contributed by atoms with Crippen molar-refractivity contribution in [2.75, 3.05) is 13.2 Å². The molecule has 0 atom stereocenters. The summed E-state index contributed by atoms with van der Waals surface area (Å²) in [7, 11) is -1.94. The molecule has 1 N–H and O–H groups in total. The minimum atomic E-state index is -3.52. The summed E-state index contributed by atoms with van der Waals surface area (Å²) < 4.78 is 31.6. The number of hydrogen-bond donors (Lipinski definition) is 1. The predicted molar refractivity (Wildman–Crippen MR) is 77.4 cm³/mol. The number of nitrogens with zero attached hydrogens (tertiary/aromatic N) is 2. The lowest BCUT2D eigenvalue weighted by Gasteiger charge is -2.26. The standard InChI is InChI=1S/C14H14N2O5S/c1-16-12(6-11(15-16)14(17)18)10-4-2-3-5-13(10)22(19,20)9-7-21-8-9/h2-6,9H,7-8H2,1H3,(H,17,18). The Kier molecular flexibility index (Phi) is 3.50. The lowest BCUT2D eigenvalue weighted by molar-refractivity contribution is 0.0416. The minimum absolute atomic E-state index is 0.128. The van der Waals surface area contributed by atoms with Crippen LogP contribution >= 0.6 is 0 Å². The molecule has 0 unspecified atom stereocenters. The van der Waals surface area contributed by atoms with E-state index in [2.05, 4.69) is 5.10 Å². The van der Waals surface area contributed by atoms with Gasteiger partial charge in [-0.1, -0.05) is 18.2 Å². The largest absolute Gasteiger partial charge is 0.476 e. The molecule has 1 aromatic carbocycles. The molecule has 0 spiro atoms. The van der Waals surface area contributed by atoms with Gasteiger partial charge in [0.1, 0.15) is 5.25 Å². The lowest BCUT2D eigenvalue weighted by Crippen LogP contribution is -2.40. The Hall–Kier alpha value is -2.19. The molecule has 1 saturated heterocycles. The summed E-state index contributed by atoms with van der Waals surface area (Å²) in [5.41, 5.74) is 0.755. The van der Waals surface area contributed by atoms with Crippen LogP contribution in [0.1, 0.15) is 10.5 Å². The first kappa shape index (κ1) is 14.7. The van der Waals surface area contributed by atoms with Gasteiger partial charge in [-0.2, -0.15) is 5.10 Å². The van der Waals surface area contributed by atoms with Gasteiger partial charge in [-0.05, 0) is 12.1 Å². The Labute approximate surface area is 127 Å². The SMILES string of the molecule is Cn1nc(C(=O)O)cc1-c1ccccc1S(=O)(=O)C1COC1. The second-order valence-corrected chi connectivity index (χ2v) is 7.24. The third kappa shape index (κ3) is 2.30. The molecule has 22 heavy (non-hydrogen) atoms. The normalized spacial score (nSPS) is 15.5. The molecule has 7 nitrogen and oxygen atoms in total. The summed E-state index contributed by atoms with van der Waals surface area (Å²) in [6.07, 6.45) is 0. The monoisotopic (exact) mass is 322 g/mol. The summed E-state index contributed by atoms with van der Waals surface area (Å²) in [5, 5.41) is 12.4. The van der Waals surface area contributed by atoms with E-state index < -0.39 is 21.1 Å². The van der Waals surface area contributed by atoms with Crippen LogP contribution < -0.4 is 0 Å². The van der Waals surface area contributed by atoms with Crippen LogP contribution in [0, 0.1) is 0 Å². The maximum absolute atomic E-state index is 12.6. The number of benzene rings is 1. The average molecular weight is 322 g/mol. The van der Waals surface area contributed by atoms with Crippen molar-refractivity contribution in [1.29, 1.82) is 0 Å². The van der Waals surface area contributed by atoms with E-state index in [9.17, 15) is 13.2 Å². The van der Waals surface area contributed by atoms with Gasteiger partial charge in [0.25, 0.3) is 0 Å². The van der Waals surface area contributed by atoms with Crippen LogP contribution in [0.15, 0.2) is 35.2 Å². The number of hydrogen-bond acceptors (Lipinski definition) is 5. The number of aromatic nitrogens is 2. The average Bonchev–Trinajstić information content (AvgIpc) is 2.78. The van der Waals surface area contributed by atoms with E-state index in [1.807, 2.05) is 0 Å². The molecule has 2 aromatic rings. The molecule has 1 aliphatic heterocycles. The van der Waals surface area contributed by atoms with E-state index in [-0.39, 0.29) is 23.8 Å². The Bertz CT molecular complexity index is 837. The summed E-state index contributed by atoms with van der Waals surface area (Å²) in [4.78, 5) is 11.2. The molecule has 3 rings (SSSR count). The molecule has 0 bridgehead atoms. The Morgan fingerprint density at radius 1 is 1.36 bits per heavy atom. The number of carboxylic acids is 1. The Morgan fingerprint density at radius 2 is 2.05 bits per heavy atom. The molecule has 8 heteroatoms. The van der Waals surface area contributed by atoms with Gasteiger partial charge in [0.05, 0.1) is 23.8 Å². The highest BCUT2D eigenvalue weighted by Gasteiger charge is 2.35. The van der Waals surface area contributed by atoms with Crippen LogP contribution in [0.25, 0.3) is 11.3 Å². The Balaban J connectivity index is 2.15. The van der Waals surface area contributed by atoms with E-state index in [1.165, 1.54) is 16.8 Å². The molecule has 1 aliphatic rings. The van der Waals surface area contributed by atoms with Crippen LogP contribution in [0.2, 0.25) is 0 Å². The summed E-state index contributed by atoms with van der Waals surface area (Å²) in [6.45, 7) is 0.366. The van der Waals surface area contributed by atoms with E-state index in [4.69, 9.17) is 9.84 Å². The molecular weight excluding hydrogens is 308 g/mol. The quantitative estimate of drug-likeness (QED) is 0.900. The third-order valence-electron chi connectivity index (χ3n) is 3.61. The maximum atomic E-state index is 12.6. The van der Waals surface area contributed by atoms with Crippen molar-refractivity contribution in [3.63, 3.8) is 0 Å². The van der Waals surface area contributed by atoms with Gasteiger partial charge < -0.3 is 9.84 Å². The van der Waals surface area contributed by atoms with E-state index >= 15 is 0 Å². The number of ether oxygens (including phenoxy) is 1.